The van der Waals surface area contributed by atoms with E-state index in [1.807, 2.05) is 48.7 Å². The molecule has 0 saturated carbocycles. The van der Waals surface area contributed by atoms with Gasteiger partial charge in [0.15, 0.2) is 10.3 Å². The minimum atomic E-state index is -0.586. The average Bonchev–Trinajstić information content (AvgIpc) is 3.41. The summed E-state index contributed by atoms with van der Waals surface area (Å²) >= 11 is 15.0. The molecule has 0 bridgehead atoms. The highest BCUT2D eigenvalue weighted by molar-refractivity contribution is 7.98. The summed E-state index contributed by atoms with van der Waals surface area (Å²) in [4.78, 5) is 17.7. The van der Waals surface area contributed by atoms with E-state index in [1.165, 1.54) is 23.1 Å². The predicted molar refractivity (Wildman–Crippen MR) is 136 cm³/mol. The molecule has 2 aromatic heterocycles. The summed E-state index contributed by atoms with van der Waals surface area (Å²) in [6.45, 7) is 1.91. The lowest BCUT2D eigenvalue weighted by molar-refractivity contribution is -0.119. The van der Waals surface area contributed by atoms with Crippen LogP contribution in [-0.2, 0) is 10.5 Å². The first-order chi connectivity index (χ1) is 16.0. The molecule has 0 aliphatic carbocycles. The molecule has 0 saturated heterocycles. The van der Waals surface area contributed by atoms with Gasteiger partial charge in [0.25, 0.3) is 0 Å². The summed E-state index contributed by atoms with van der Waals surface area (Å²) < 4.78 is 1.66. The van der Waals surface area contributed by atoms with Crippen LogP contribution in [0.2, 0.25) is 10.0 Å². The van der Waals surface area contributed by atoms with Crippen molar-refractivity contribution in [3.8, 4) is 11.3 Å². The lowest BCUT2D eigenvalue weighted by atomic mass is 10.2. The summed E-state index contributed by atoms with van der Waals surface area (Å²) in [6, 6.07) is 14.4. The molecule has 2 heterocycles. The third-order valence-electron chi connectivity index (χ3n) is 4.88. The van der Waals surface area contributed by atoms with E-state index < -0.39 is 6.04 Å². The number of carbonyl (C=O) groups excluding carboxylic acids is 1. The Morgan fingerprint density at radius 1 is 1.18 bits per heavy atom. The highest BCUT2D eigenvalue weighted by atomic mass is 35.5. The second kappa shape index (κ2) is 10.6. The van der Waals surface area contributed by atoms with Gasteiger partial charge in [-0.2, -0.15) is 0 Å². The molecule has 3 N–H and O–H groups in total. The number of thiazole rings is 1. The SMILES string of the molecule is CCC(C(=O)Nc1nc(-c2ccc(Cl)cc2)cs1)n1c(N)nnc1SCc1ccccc1Cl. The van der Waals surface area contributed by atoms with E-state index >= 15 is 0 Å². The highest BCUT2D eigenvalue weighted by Crippen LogP contribution is 2.31. The Balaban J connectivity index is 1.49. The van der Waals surface area contributed by atoms with Gasteiger partial charge in [0.1, 0.15) is 6.04 Å². The lowest BCUT2D eigenvalue weighted by Gasteiger charge is -2.18. The topological polar surface area (TPSA) is 98.7 Å². The van der Waals surface area contributed by atoms with Crippen LogP contribution in [0.5, 0.6) is 0 Å². The Bertz CT molecular complexity index is 1260. The van der Waals surface area contributed by atoms with E-state index in [1.54, 1.807) is 16.7 Å². The van der Waals surface area contributed by atoms with E-state index in [0.29, 0.717) is 32.5 Å². The molecule has 0 aliphatic heterocycles. The molecule has 1 amide bonds. The second-order valence-electron chi connectivity index (χ2n) is 7.05. The smallest absolute Gasteiger partial charge is 0.249 e. The minimum Gasteiger partial charge on any atom is -0.368 e. The number of thioether (sulfide) groups is 1. The molecule has 0 radical (unpaired) electrons. The predicted octanol–water partition coefficient (Wildman–Crippen LogP) is 6.17. The maximum atomic E-state index is 13.1. The van der Waals surface area contributed by atoms with Crippen LogP contribution in [0, 0.1) is 0 Å². The third kappa shape index (κ3) is 5.50. The third-order valence-corrected chi connectivity index (χ3v) is 7.25. The number of nitrogens with two attached hydrogens (primary N) is 1. The highest BCUT2D eigenvalue weighted by Gasteiger charge is 2.26. The first kappa shape index (κ1) is 23.6. The molecule has 1 unspecified atom stereocenters. The fourth-order valence-electron chi connectivity index (χ4n) is 3.20. The van der Waals surface area contributed by atoms with Gasteiger partial charge in [0.05, 0.1) is 5.69 Å². The van der Waals surface area contributed by atoms with Gasteiger partial charge < -0.3 is 11.1 Å². The maximum absolute atomic E-state index is 13.1. The van der Waals surface area contributed by atoms with Crippen LogP contribution in [0.1, 0.15) is 24.9 Å². The Morgan fingerprint density at radius 2 is 1.94 bits per heavy atom. The van der Waals surface area contributed by atoms with Gasteiger partial charge >= 0.3 is 0 Å². The van der Waals surface area contributed by atoms with E-state index in [0.717, 1.165) is 16.8 Å². The zero-order valence-electron chi connectivity index (χ0n) is 17.5. The van der Waals surface area contributed by atoms with Crippen molar-refractivity contribution >= 4 is 63.3 Å². The quantitative estimate of drug-likeness (QED) is 0.270. The Hall–Kier alpha value is -2.59. The van der Waals surface area contributed by atoms with Crippen molar-refractivity contribution in [2.75, 3.05) is 11.1 Å². The summed E-state index contributed by atoms with van der Waals surface area (Å²) in [5, 5.41) is 15.3. The van der Waals surface area contributed by atoms with Crippen LogP contribution in [0.3, 0.4) is 0 Å². The van der Waals surface area contributed by atoms with Gasteiger partial charge in [-0.15, -0.1) is 21.5 Å². The lowest BCUT2D eigenvalue weighted by Crippen LogP contribution is -2.27. The number of hydrogen-bond donors (Lipinski definition) is 2. The molecule has 1 atom stereocenters. The van der Waals surface area contributed by atoms with Crippen LogP contribution in [0.4, 0.5) is 11.1 Å². The molecule has 11 heteroatoms. The molecule has 33 heavy (non-hydrogen) atoms. The van der Waals surface area contributed by atoms with Crippen molar-refractivity contribution in [3.63, 3.8) is 0 Å². The Kier molecular flexibility index (Phi) is 7.54. The van der Waals surface area contributed by atoms with Crippen LogP contribution >= 0.6 is 46.3 Å². The number of halogens is 2. The van der Waals surface area contributed by atoms with E-state index in [2.05, 4.69) is 20.5 Å². The van der Waals surface area contributed by atoms with Gasteiger partial charge in [-0.05, 0) is 30.2 Å². The molecular formula is C22H20Cl2N6OS2. The van der Waals surface area contributed by atoms with Crippen molar-refractivity contribution in [2.24, 2.45) is 0 Å². The normalized spacial score (nSPS) is 12.0. The number of nitrogens with one attached hydrogen (secondary N) is 1. The van der Waals surface area contributed by atoms with Gasteiger partial charge in [0.2, 0.25) is 11.9 Å². The first-order valence-electron chi connectivity index (χ1n) is 10.0. The molecule has 2 aromatic carbocycles. The summed E-state index contributed by atoms with van der Waals surface area (Å²) in [5.41, 5.74) is 8.74. The Labute approximate surface area is 209 Å². The molecule has 0 aliphatic rings. The molecule has 7 nitrogen and oxygen atoms in total. The fourth-order valence-corrected chi connectivity index (χ4v) is 5.32. The number of nitrogens with zero attached hydrogens (tertiary/aromatic N) is 4. The summed E-state index contributed by atoms with van der Waals surface area (Å²) in [6.07, 6.45) is 0.503. The van der Waals surface area contributed by atoms with E-state index in [9.17, 15) is 4.79 Å². The van der Waals surface area contributed by atoms with Crippen LogP contribution in [-0.4, -0.2) is 25.7 Å². The van der Waals surface area contributed by atoms with Gasteiger partial charge in [0, 0.05) is 26.7 Å². The fraction of sp³-hybridized carbons (Fsp3) is 0.182. The number of aromatic nitrogens is 4. The number of amides is 1. The summed E-state index contributed by atoms with van der Waals surface area (Å²) in [7, 11) is 0. The molecule has 4 rings (SSSR count). The standard InChI is InChI=1S/C22H20Cl2N6OS2/c1-2-18(19(31)27-21-26-17(12-32-21)13-7-9-15(23)10-8-13)30-20(25)28-29-22(30)33-11-14-5-3-4-6-16(14)24/h3-10,12,18H,2,11H2,1H3,(H2,25,28)(H,26,27,31). The number of nitrogen functional groups attached to an aromatic ring is 1. The number of rotatable bonds is 8. The van der Waals surface area contributed by atoms with E-state index in [-0.39, 0.29) is 11.9 Å². The van der Waals surface area contributed by atoms with Crippen molar-refractivity contribution < 1.29 is 4.79 Å². The zero-order chi connectivity index (χ0) is 23.4. The monoisotopic (exact) mass is 518 g/mol. The van der Waals surface area contributed by atoms with Gasteiger partial charge in [-0.1, -0.05) is 72.2 Å². The van der Waals surface area contributed by atoms with Crippen molar-refractivity contribution in [3.05, 3.63) is 69.5 Å². The zero-order valence-corrected chi connectivity index (χ0v) is 20.7. The van der Waals surface area contributed by atoms with Crippen LogP contribution < -0.4 is 11.1 Å². The van der Waals surface area contributed by atoms with Crippen molar-refractivity contribution in [1.82, 2.24) is 19.7 Å². The largest absolute Gasteiger partial charge is 0.368 e. The molecule has 0 fully saturated rings. The van der Waals surface area contributed by atoms with Crippen LogP contribution in [0.15, 0.2) is 59.1 Å². The molecule has 0 spiro atoms. The molecular weight excluding hydrogens is 499 g/mol. The second-order valence-corrected chi connectivity index (χ2v) is 9.69. The Morgan fingerprint density at radius 3 is 2.67 bits per heavy atom. The summed E-state index contributed by atoms with van der Waals surface area (Å²) in [5.74, 6) is 0.521. The van der Waals surface area contributed by atoms with Crippen molar-refractivity contribution in [2.45, 2.75) is 30.3 Å². The molecule has 4 aromatic rings. The minimum absolute atomic E-state index is 0.180. The average molecular weight is 519 g/mol. The number of carbonyl (C=O) groups is 1. The number of benzene rings is 2. The first-order valence-corrected chi connectivity index (χ1v) is 12.7. The van der Waals surface area contributed by atoms with Crippen LogP contribution in [0.25, 0.3) is 11.3 Å². The van der Waals surface area contributed by atoms with E-state index in [4.69, 9.17) is 28.9 Å². The van der Waals surface area contributed by atoms with Gasteiger partial charge in [-0.25, -0.2) is 4.98 Å². The number of anilines is 2. The number of hydrogen-bond acceptors (Lipinski definition) is 7. The molecule has 170 valence electrons. The van der Waals surface area contributed by atoms with Crippen molar-refractivity contribution in [1.29, 1.82) is 0 Å². The maximum Gasteiger partial charge on any atom is 0.249 e. The van der Waals surface area contributed by atoms with Gasteiger partial charge in [-0.3, -0.25) is 9.36 Å².